The fraction of sp³-hybridized carbons (Fsp3) is 0.583. The molecule has 1 atom stereocenters. The van der Waals surface area contributed by atoms with E-state index in [9.17, 15) is 4.79 Å². The van der Waals surface area contributed by atoms with Crippen LogP contribution >= 0.6 is 8.25 Å². The van der Waals surface area contributed by atoms with Crippen molar-refractivity contribution in [2.24, 2.45) is 0 Å². The van der Waals surface area contributed by atoms with Gasteiger partial charge in [0.15, 0.2) is 0 Å². The van der Waals surface area contributed by atoms with Crippen molar-refractivity contribution < 1.29 is 32.9 Å². The number of rotatable bonds is 5. The van der Waals surface area contributed by atoms with Crippen LogP contribution in [0.1, 0.15) is 33.1 Å². The molecule has 4 heteroatoms. The maximum absolute atomic E-state index is 11.9. The minimum atomic E-state index is -1.56. The van der Waals surface area contributed by atoms with Crippen LogP contribution in [0.15, 0.2) is 20.8 Å². The quantitative estimate of drug-likeness (QED) is 0.496. The van der Waals surface area contributed by atoms with Gasteiger partial charge < -0.3 is 0 Å². The van der Waals surface area contributed by atoms with E-state index >= 15 is 0 Å². The third kappa shape index (κ3) is 2.96. The van der Waals surface area contributed by atoms with Crippen molar-refractivity contribution in [3.63, 3.8) is 0 Å². The van der Waals surface area contributed by atoms with E-state index in [-0.39, 0.29) is 5.78 Å². The third-order valence-electron chi connectivity index (χ3n) is 3.07. The number of carbonyl (C=O) groups is 1. The Hall–Kier alpha value is 0.335. The Labute approximate surface area is 113 Å². The Morgan fingerprint density at radius 3 is 2.81 bits per heavy atom. The Kier molecular flexibility index (Phi) is 5.68. The van der Waals surface area contributed by atoms with E-state index in [1.807, 2.05) is 13.0 Å². The molecule has 0 saturated heterocycles. The summed E-state index contributed by atoms with van der Waals surface area (Å²) in [5, 5.41) is 0. The number of halogens is 1. The number of hydrogen-bond donors (Lipinski definition) is 0. The maximum atomic E-state index is 11.9. The number of hydrogen-bond acceptors (Lipinski definition) is 2. The number of ketones is 1. The van der Waals surface area contributed by atoms with Gasteiger partial charge in [0.05, 0.1) is 0 Å². The Bertz CT molecular complexity index is 336. The number of unbranched alkanes of at least 4 members (excludes halogenated alkanes) is 1. The summed E-state index contributed by atoms with van der Waals surface area (Å²) in [6, 6.07) is 0. The molecule has 0 aliphatic heterocycles. The summed E-state index contributed by atoms with van der Waals surface area (Å²) in [6.07, 6.45) is 6.68. The molecule has 1 aliphatic carbocycles. The average molecular weight is 429 g/mol. The number of methoxy groups -OCH3 is 1. The molecule has 0 aromatic heterocycles. The van der Waals surface area contributed by atoms with E-state index in [1.54, 1.807) is 13.2 Å². The molecule has 0 fully saturated rings. The molecular formula is C12H17ClHgO2. The van der Waals surface area contributed by atoms with E-state index in [2.05, 4.69) is 6.92 Å². The van der Waals surface area contributed by atoms with Crippen LogP contribution in [0, 0.1) is 0 Å². The number of allylic oxidation sites excluding steroid dienone is 2. The first-order valence-electron chi connectivity index (χ1n) is 5.66. The molecule has 1 rings (SSSR count). The zero-order valence-electron chi connectivity index (χ0n) is 10.2. The zero-order valence-corrected chi connectivity index (χ0v) is 16.4. The summed E-state index contributed by atoms with van der Waals surface area (Å²) in [7, 11) is 7.81. The second-order valence-electron chi connectivity index (χ2n) is 4.22. The van der Waals surface area contributed by atoms with Crippen LogP contribution in [0.3, 0.4) is 0 Å². The summed E-state index contributed by atoms with van der Waals surface area (Å²) in [5.74, 6) is 0.0936. The van der Waals surface area contributed by atoms with Crippen LogP contribution in [-0.4, -0.2) is 18.5 Å². The number of carbonyl (C=O) groups excluding carboxylic acids is 1. The Morgan fingerprint density at radius 1 is 1.62 bits per heavy atom. The molecule has 0 spiro atoms. The summed E-state index contributed by atoms with van der Waals surface area (Å²) in [6.45, 7) is 4.09. The van der Waals surface area contributed by atoms with E-state index in [4.69, 9.17) is 13.0 Å². The van der Waals surface area contributed by atoms with Gasteiger partial charge in [0.1, 0.15) is 0 Å². The topological polar surface area (TPSA) is 26.3 Å². The van der Waals surface area contributed by atoms with Gasteiger partial charge in [-0.2, -0.15) is 0 Å². The predicted molar refractivity (Wildman–Crippen MR) is 62.0 cm³/mol. The van der Waals surface area contributed by atoms with Gasteiger partial charge >= 0.3 is 114 Å². The normalized spacial score (nSPS) is 27.1. The predicted octanol–water partition coefficient (Wildman–Crippen LogP) is 3.21. The summed E-state index contributed by atoms with van der Waals surface area (Å²) < 4.78 is 6.69. The van der Waals surface area contributed by atoms with Crippen molar-refractivity contribution >= 4 is 14.0 Å². The van der Waals surface area contributed by atoms with Crippen LogP contribution in [0.2, 0.25) is 0 Å². The van der Waals surface area contributed by atoms with E-state index in [0.717, 1.165) is 24.8 Å². The van der Waals surface area contributed by atoms with Gasteiger partial charge in [-0.3, -0.25) is 0 Å². The monoisotopic (exact) mass is 430 g/mol. The van der Waals surface area contributed by atoms with Crippen molar-refractivity contribution in [1.29, 1.82) is 0 Å². The summed E-state index contributed by atoms with van der Waals surface area (Å²) in [5.41, 5.74) is 0.301. The van der Waals surface area contributed by atoms with Gasteiger partial charge in [-0.1, -0.05) is 0 Å². The molecule has 1 aliphatic rings. The van der Waals surface area contributed by atoms with Crippen molar-refractivity contribution in [3.8, 4) is 0 Å². The molecule has 1 unspecified atom stereocenters. The fourth-order valence-corrected chi connectivity index (χ4v) is 8.39. The Balaban J connectivity index is 3.05. The molecule has 0 aromatic rings. The van der Waals surface area contributed by atoms with E-state index in [1.165, 1.54) is 3.08 Å². The number of ether oxygens (including phenoxy) is 1. The van der Waals surface area contributed by atoms with E-state index < -0.39 is 28.9 Å². The SMILES string of the molecule is CCCC/[C]([Hg][Cl])=C1/C(=O)C=CC1(C)OC. The van der Waals surface area contributed by atoms with Crippen LogP contribution in [0.4, 0.5) is 0 Å². The second kappa shape index (κ2) is 6.32. The van der Waals surface area contributed by atoms with Crippen molar-refractivity contribution in [1.82, 2.24) is 0 Å². The summed E-state index contributed by atoms with van der Waals surface area (Å²) in [4.78, 5) is 11.9. The molecular weight excluding hydrogens is 412 g/mol. The average Bonchev–Trinajstić information content (AvgIpc) is 2.59. The fourth-order valence-electron chi connectivity index (χ4n) is 1.99. The molecule has 0 N–H and O–H groups in total. The first-order valence-corrected chi connectivity index (χ1v) is 15.2. The third-order valence-corrected chi connectivity index (χ3v) is 9.90. The summed E-state index contributed by atoms with van der Waals surface area (Å²) >= 11 is -1.56. The van der Waals surface area contributed by atoms with Crippen molar-refractivity contribution in [2.75, 3.05) is 7.11 Å². The first kappa shape index (κ1) is 14.4. The van der Waals surface area contributed by atoms with Crippen LogP contribution in [0.5, 0.6) is 0 Å². The van der Waals surface area contributed by atoms with Crippen LogP contribution < -0.4 is 0 Å². The van der Waals surface area contributed by atoms with Crippen LogP contribution in [-0.2, 0) is 32.9 Å². The molecule has 0 amide bonds. The molecule has 0 heterocycles. The zero-order chi connectivity index (χ0) is 12.2. The first-order chi connectivity index (χ1) is 7.59. The van der Waals surface area contributed by atoms with Gasteiger partial charge in [0.2, 0.25) is 0 Å². The van der Waals surface area contributed by atoms with Crippen molar-refractivity contribution in [2.45, 2.75) is 38.7 Å². The van der Waals surface area contributed by atoms with E-state index in [0.29, 0.717) is 0 Å². The molecule has 86 valence electrons. The van der Waals surface area contributed by atoms with Gasteiger partial charge in [0.25, 0.3) is 0 Å². The van der Waals surface area contributed by atoms with Crippen LogP contribution in [0.25, 0.3) is 0 Å². The molecule has 2 nitrogen and oxygen atoms in total. The minimum absolute atomic E-state index is 0.0936. The molecule has 16 heavy (non-hydrogen) atoms. The molecule has 0 radical (unpaired) electrons. The standard InChI is InChI=1S/C12H17O2.ClH.Hg/c1-4-5-6-7-10-11(13)8-9-12(10,2)14-3;;/h8-9H,4-6H2,1-3H3;1H;/q;;+1/p-1. The van der Waals surface area contributed by atoms with Gasteiger partial charge in [-0.15, -0.1) is 0 Å². The van der Waals surface area contributed by atoms with Gasteiger partial charge in [-0.25, -0.2) is 0 Å². The molecule has 0 saturated carbocycles. The molecule has 0 bridgehead atoms. The Morgan fingerprint density at radius 2 is 2.31 bits per heavy atom. The molecule has 0 aromatic carbocycles. The van der Waals surface area contributed by atoms with Crippen molar-refractivity contribution in [3.05, 3.63) is 20.8 Å². The van der Waals surface area contributed by atoms with Gasteiger partial charge in [-0.05, 0) is 0 Å². The van der Waals surface area contributed by atoms with Gasteiger partial charge in [0, 0.05) is 0 Å². The second-order valence-corrected chi connectivity index (χ2v) is 10.9.